The van der Waals surface area contributed by atoms with Crippen LogP contribution >= 0.6 is 0 Å². The standard InChI is InChI=1S/C17H15N/c1-13-2-4-17-12-15(3-5-16(17)10-13)11-14-6-8-18-9-7-14/h2-10,12H,11H2,1H3. The minimum Gasteiger partial charge on any atom is -0.265 e. The van der Waals surface area contributed by atoms with Crippen LogP contribution in [0.2, 0.25) is 0 Å². The molecule has 1 heteroatoms. The van der Waals surface area contributed by atoms with Crippen molar-refractivity contribution >= 4 is 10.8 Å². The van der Waals surface area contributed by atoms with Crippen LogP contribution in [-0.4, -0.2) is 4.98 Å². The Morgan fingerprint density at radius 2 is 1.50 bits per heavy atom. The summed E-state index contributed by atoms with van der Waals surface area (Å²) < 4.78 is 0. The highest BCUT2D eigenvalue weighted by Crippen LogP contribution is 2.19. The minimum absolute atomic E-state index is 0.965. The molecule has 1 aromatic heterocycles. The lowest BCUT2D eigenvalue weighted by Gasteiger charge is -2.05. The number of hydrogen-bond acceptors (Lipinski definition) is 1. The number of benzene rings is 2. The van der Waals surface area contributed by atoms with Gasteiger partial charge in [-0.3, -0.25) is 4.98 Å². The molecule has 0 saturated heterocycles. The molecule has 0 aliphatic rings. The molecule has 3 rings (SSSR count). The van der Waals surface area contributed by atoms with Gasteiger partial charge in [-0.25, -0.2) is 0 Å². The zero-order chi connectivity index (χ0) is 12.4. The predicted octanol–water partition coefficient (Wildman–Crippen LogP) is 4.13. The molecule has 18 heavy (non-hydrogen) atoms. The van der Waals surface area contributed by atoms with Crippen LogP contribution in [0.4, 0.5) is 0 Å². The third-order valence-corrected chi connectivity index (χ3v) is 3.22. The summed E-state index contributed by atoms with van der Waals surface area (Å²) in [6.07, 6.45) is 4.66. The first-order valence-corrected chi connectivity index (χ1v) is 6.19. The molecule has 1 heterocycles. The van der Waals surface area contributed by atoms with E-state index in [0.717, 1.165) is 6.42 Å². The first-order valence-electron chi connectivity index (χ1n) is 6.19. The van der Waals surface area contributed by atoms with Gasteiger partial charge in [0.25, 0.3) is 0 Å². The monoisotopic (exact) mass is 233 g/mol. The van der Waals surface area contributed by atoms with Gasteiger partial charge >= 0.3 is 0 Å². The van der Waals surface area contributed by atoms with Crippen molar-refractivity contribution in [3.05, 3.63) is 77.6 Å². The topological polar surface area (TPSA) is 12.9 Å². The lowest BCUT2D eigenvalue weighted by Crippen LogP contribution is -1.88. The zero-order valence-corrected chi connectivity index (χ0v) is 10.4. The van der Waals surface area contributed by atoms with Crippen LogP contribution in [0.15, 0.2) is 60.9 Å². The van der Waals surface area contributed by atoms with Crippen molar-refractivity contribution in [3.8, 4) is 0 Å². The van der Waals surface area contributed by atoms with Gasteiger partial charge in [0.2, 0.25) is 0 Å². The van der Waals surface area contributed by atoms with Crippen LogP contribution in [-0.2, 0) is 6.42 Å². The lowest BCUT2D eigenvalue weighted by atomic mass is 10.0. The summed E-state index contributed by atoms with van der Waals surface area (Å²) in [5.41, 5.74) is 3.96. The van der Waals surface area contributed by atoms with Gasteiger partial charge in [0.1, 0.15) is 0 Å². The molecule has 1 nitrogen and oxygen atoms in total. The molecule has 0 N–H and O–H groups in total. The number of rotatable bonds is 2. The lowest BCUT2D eigenvalue weighted by molar-refractivity contribution is 1.17. The van der Waals surface area contributed by atoms with Gasteiger partial charge < -0.3 is 0 Å². The van der Waals surface area contributed by atoms with Gasteiger partial charge in [-0.1, -0.05) is 42.0 Å². The molecule has 0 bridgehead atoms. The molecule has 0 aliphatic carbocycles. The summed E-state index contributed by atoms with van der Waals surface area (Å²) in [6, 6.07) is 17.4. The van der Waals surface area contributed by atoms with Gasteiger partial charge in [-0.05, 0) is 47.4 Å². The molecule has 88 valence electrons. The van der Waals surface area contributed by atoms with Crippen molar-refractivity contribution in [2.45, 2.75) is 13.3 Å². The van der Waals surface area contributed by atoms with Crippen LogP contribution in [0.3, 0.4) is 0 Å². The Morgan fingerprint density at radius 3 is 2.33 bits per heavy atom. The van der Waals surface area contributed by atoms with Crippen molar-refractivity contribution in [2.24, 2.45) is 0 Å². The Hall–Kier alpha value is -2.15. The SMILES string of the molecule is Cc1ccc2cc(Cc3ccncc3)ccc2c1. The van der Waals surface area contributed by atoms with Crippen molar-refractivity contribution in [1.29, 1.82) is 0 Å². The Kier molecular flexibility index (Phi) is 2.81. The highest BCUT2D eigenvalue weighted by atomic mass is 14.6. The van der Waals surface area contributed by atoms with Crippen molar-refractivity contribution < 1.29 is 0 Å². The fraction of sp³-hybridized carbons (Fsp3) is 0.118. The number of fused-ring (bicyclic) bond motifs is 1. The maximum absolute atomic E-state index is 4.05. The number of pyridine rings is 1. The first-order chi connectivity index (χ1) is 8.81. The molecule has 0 spiro atoms. The highest BCUT2D eigenvalue weighted by molar-refractivity contribution is 5.83. The molecule has 0 atom stereocenters. The van der Waals surface area contributed by atoms with E-state index in [0.29, 0.717) is 0 Å². The van der Waals surface area contributed by atoms with E-state index >= 15 is 0 Å². The van der Waals surface area contributed by atoms with Crippen LogP contribution in [0, 0.1) is 6.92 Å². The van der Waals surface area contributed by atoms with Crippen molar-refractivity contribution in [3.63, 3.8) is 0 Å². The molecule has 0 radical (unpaired) electrons. The first kappa shape index (κ1) is 11.0. The molecular formula is C17H15N. The van der Waals surface area contributed by atoms with Crippen LogP contribution in [0.25, 0.3) is 10.8 Å². The molecule has 0 amide bonds. The average molecular weight is 233 g/mol. The summed E-state index contributed by atoms with van der Waals surface area (Å²) in [7, 11) is 0. The molecule has 0 unspecified atom stereocenters. The van der Waals surface area contributed by atoms with Gasteiger partial charge in [0.15, 0.2) is 0 Å². The molecule has 2 aromatic carbocycles. The van der Waals surface area contributed by atoms with E-state index in [1.807, 2.05) is 12.4 Å². The summed E-state index contributed by atoms with van der Waals surface area (Å²) in [4.78, 5) is 4.05. The third kappa shape index (κ3) is 2.25. The van der Waals surface area contributed by atoms with E-state index in [2.05, 4.69) is 60.4 Å². The van der Waals surface area contributed by atoms with Gasteiger partial charge in [0.05, 0.1) is 0 Å². The van der Waals surface area contributed by atoms with E-state index in [-0.39, 0.29) is 0 Å². The molecular weight excluding hydrogens is 218 g/mol. The van der Waals surface area contributed by atoms with Crippen LogP contribution in [0.1, 0.15) is 16.7 Å². The largest absolute Gasteiger partial charge is 0.265 e. The number of aromatic nitrogens is 1. The van der Waals surface area contributed by atoms with Crippen molar-refractivity contribution in [2.75, 3.05) is 0 Å². The predicted molar refractivity (Wildman–Crippen MR) is 75.7 cm³/mol. The van der Waals surface area contributed by atoms with Gasteiger partial charge in [0, 0.05) is 12.4 Å². The molecule has 3 aromatic rings. The van der Waals surface area contributed by atoms with E-state index in [4.69, 9.17) is 0 Å². The Bertz CT molecular complexity index is 672. The summed E-state index contributed by atoms with van der Waals surface area (Å²) in [5.74, 6) is 0. The van der Waals surface area contributed by atoms with Crippen molar-refractivity contribution in [1.82, 2.24) is 4.98 Å². The fourth-order valence-corrected chi connectivity index (χ4v) is 2.26. The van der Waals surface area contributed by atoms with E-state index < -0.39 is 0 Å². The van der Waals surface area contributed by atoms with E-state index in [1.54, 1.807) is 0 Å². The minimum atomic E-state index is 0.965. The molecule has 0 saturated carbocycles. The van der Waals surface area contributed by atoms with Gasteiger partial charge in [-0.2, -0.15) is 0 Å². The second-order valence-electron chi connectivity index (χ2n) is 4.72. The second kappa shape index (κ2) is 4.61. The zero-order valence-electron chi connectivity index (χ0n) is 10.4. The normalized spacial score (nSPS) is 10.7. The van der Waals surface area contributed by atoms with Crippen LogP contribution < -0.4 is 0 Å². The Morgan fingerprint density at radius 1 is 0.778 bits per heavy atom. The number of hydrogen-bond donors (Lipinski definition) is 0. The fourth-order valence-electron chi connectivity index (χ4n) is 2.26. The van der Waals surface area contributed by atoms with Crippen LogP contribution in [0.5, 0.6) is 0 Å². The maximum atomic E-state index is 4.05. The summed E-state index contributed by atoms with van der Waals surface area (Å²) >= 11 is 0. The highest BCUT2D eigenvalue weighted by Gasteiger charge is 1.99. The third-order valence-electron chi connectivity index (χ3n) is 3.22. The number of nitrogens with zero attached hydrogens (tertiary/aromatic N) is 1. The average Bonchev–Trinajstić information content (AvgIpc) is 2.40. The van der Waals surface area contributed by atoms with E-state index in [9.17, 15) is 0 Å². The summed E-state index contributed by atoms with van der Waals surface area (Å²) in [6.45, 7) is 2.13. The second-order valence-corrected chi connectivity index (χ2v) is 4.72. The molecule has 0 aliphatic heterocycles. The summed E-state index contributed by atoms with van der Waals surface area (Å²) in [5, 5.41) is 2.63. The van der Waals surface area contributed by atoms with Gasteiger partial charge in [-0.15, -0.1) is 0 Å². The Labute approximate surface area is 107 Å². The Balaban J connectivity index is 1.96. The molecule has 0 fully saturated rings. The van der Waals surface area contributed by atoms with E-state index in [1.165, 1.54) is 27.5 Å². The smallest absolute Gasteiger partial charge is 0.0270 e. The number of aryl methyl sites for hydroxylation is 1. The maximum Gasteiger partial charge on any atom is 0.0270 e. The quantitative estimate of drug-likeness (QED) is 0.648.